The Balaban J connectivity index is 1.59. The second-order valence-corrected chi connectivity index (χ2v) is 6.91. The quantitative estimate of drug-likeness (QED) is 0.400. The molecule has 0 heterocycles. The van der Waals surface area contributed by atoms with Crippen LogP contribution in [-0.4, -0.2) is 0 Å². The maximum Gasteiger partial charge on any atom is 0.0390 e. The molecule has 0 aliphatic carbocycles. The third-order valence-corrected chi connectivity index (χ3v) is 4.79. The van der Waals surface area contributed by atoms with Gasteiger partial charge in [-0.2, -0.15) is 0 Å². The first-order chi connectivity index (χ1) is 12.3. The standard InChI is InChI=1S/C24H29N/c1-2-3-4-5-6-8-11-20-14-15-22-19-24(17-16-21(22)18-20)25-23-12-9-7-10-13-23/h7,9-10,12-19,25H,2-6,8,11H2,1H3. The van der Waals surface area contributed by atoms with E-state index in [2.05, 4.69) is 72.9 Å². The molecule has 0 amide bonds. The summed E-state index contributed by atoms with van der Waals surface area (Å²) in [5.74, 6) is 0. The van der Waals surface area contributed by atoms with E-state index in [1.54, 1.807) is 0 Å². The second-order valence-electron chi connectivity index (χ2n) is 6.91. The summed E-state index contributed by atoms with van der Waals surface area (Å²) in [5, 5.41) is 6.10. The fourth-order valence-corrected chi connectivity index (χ4v) is 3.33. The Morgan fingerprint density at radius 3 is 2.20 bits per heavy atom. The molecule has 0 aliphatic rings. The van der Waals surface area contributed by atoms with Crippen molar-refractivity contribution >= 4 is 22.1 Å². The molecule has 0 unspecified atom stereocenters. The molecule has 0 atom stereocenters. The van der Waals surface area contributed by atoms with Crippen LogP contribution in [0.5, 0.6) is 0 Å². The first kappa shape index (κ1) is 17.5. The molecule has 1 heteroatoms. The zero-order chi connectivity index (χ0) is 17.3. The van der Waals surface area contributed by atoms with E-state index in [4.69, 9.17) is 0 Å². The highest BCUT2D eigenvalue weighted by molar-refractivity contribution is 5.87. The lowest BCUT2D eigenvalue weighted by molar-refractivity contribution is 0.607. The second kappa shape index (κ2) is 9.27. The molecule has 1 N–H and O–H groups in total. The molecule has 0 saturated heterocycles. The zero-order valence-corrected chi connectivity index (χ0v) is 15.3. The number of hydrogen-bond acceptors (Lipinski definition) is 1. The minimum Gasteiger partial charge on any atom is -0.356 e. The Bertz CT molecular complexity index is 776. The van der Waals surface area contributed by atoms with Gasteiger partial charge in [-0.25, -0.2) is 0 Å². The third-order valence-electron chi connectivity index (χ3n) is 4.79. The van der Waals surface area contributed by atoms with Crippen LogP contribution in [0.25, 0.3) is 10.8 Å². The van der Waals surface area contributed by atoms with Gasteiger partial charge in [0.1, 0.15) is 0 Å². The summed E-state index contributed by atoms with van der Waals surface area (Å²) < 4.78 is 0. The van der Waals surface area contributed by atoms with E-state index in [1.807, 2.05) is 6.07 Å². The average Bonchev–Trinajstić information content (AvgIpc) is 2.65. The molecule has 0 saturated carbocycles. The van der Waals surface area contributed by atoms with E-state index in [0.29, 0.717) is 0 Å². The molecule has 0 spiro atoms. The molecule has 0 radical (unpaired) electrons. The number of rotatable bonds is 9. The Hall–Kier alpha value is -2.28. The van der Waals surface area contributed by atoms with Crippen LogP contribution in [0.2, 0.25) is 0 Å². The van der Waals surface area contributed by atoms with E-state index >= 15 is 0 Å². The molecule has 3 rings (SSSR count). The van der Waals surface area contributed by atoms with Crippen LogP contribution in [0.3, 0.4) is 0 Å². The maximum absolute atomic E-state index is 3.47. The lowest BCUT2D eigenvalue weighted by Crippen LogP contribution is -1.90. The molecule has 3 aromatic carbocycles. The lowest BCUT2D eigenvalue weighted by atomic mass is 10.0. The first-order valence-corrected chi connectivity index (χ1v) is 9.70. The number of anilines is 2. The Labute approximate surface area is 152 Å². The summed E-state index contributed by atoms with van der Waals surface area (Å²) in [6.45, 7) is 2.27. The van der Waals surface area contributed by atoms with Crippen molar-refractivity contribution in [2.24, 2.45) is 0 Å². The number of fused-ring (bicyclic) bond motifs is 1. The monoisotopic (exact) mass is 331 g/mol. The molecular weight excluding hydrogens is 302 g/mol. The van der Waals surface area contributed by atoms with Crippen LogP contribution in [0.1, 0.15) is 51.0 Å². The molecule has 1 nitrogen and oxygen atoms in total. The summed E-state index contributed by atoms with van der Waals surface area (Å²) in [6.07, 6.45) is 9.36. The highest BCUT2D eigenvalue weighted by Gasteiger charge is 2.00. The van der Waals surface area contributed by atoms with Gasteiger partial charge in [0, 0.05) is 11.4 Å². The number of para-hydroxylation sites is 1. The van der Waals surface area contributed by atoms with Crippen LogP contribution in [0.15, 0.2) is 66.7 Å². The minimum atomic E-state index is 1.13. The van der Waals surface area contributed by atoms with Crippen molar-refractivity contribution in [1.82, 2.24) is 0 Å². The average molecular weight is 332 g/mol. The highest BCUT2D eigenvalue weighted by Crippen LogP contribution is 2.24. The molecule has 0 bridgehead atoms. The molecular formula is C24H29N. The van der Waals surface area contributed by atoms with Crippen LogP contribution in [0, 0.1) is 0 Å². The van der Waals surface area contributed by atoms with Crippen LogP contribution < -0.4 is 5.32 Å². The highest BCUT2D eigenvalue weighted by atomic mass is 14.9. The molecule has 0 aliphatic heterocycles. The fraction of sp³-hybridized carbons (Fsp3) is 0.333. The number of unbranched alkanes of at least 4 members (excludes halogenated alkanes) is 5. The smallest absolute Gasteiger partial charge is 0.0390 e. The summed E-state index contributed by atoms with van der Waals surface area (Å²) >= 11 is 0. The van der Waals surface area contributed by atoms with Crippen molar-refractivity contribution < 1.29 is 0 Å². The van der Waals surface area contributed by atoms with Gasteiger partial charge in [-0.05, 0) is 53.4 Å². The van der Waals surface area contributed by atoms with Crippen molar-refractivity contribution in [1.29, 1.82) is 0 Å². The van der Waals surface area contributed by atoms with Crippen molar-refractivity contribution in [3.05, 3.63) is 72.3 Å². The van der Waals surface area contributed by atoms with Gasteiger partial charge in [0.25, 0.3) is 0 Å². The lowest BCUT2D eigenvalue weighted by Gasteiger charge is -2.09. The Kier molecular flexibility index (Phi) is 6.50. The maximum atomic E-state index is 3.47. The number of hydrogen-bond donors (Lipinski definition) is 1. The molecule has 25 heavy (non-hydrogen) atoms. The minimum absolute atomic E-state index is 1.13. The molecule has 3 aromatic rings. The topological polar surface area (TPSA) is 12.0 Å². The van der Waals surface area contributed by atoms with Crippen molar-refractivity contribution in [2.45, 2.75) is 51.9 Å². The predicted octanol–water partition coefficient (Wildman–Crippen LogP) is 7.49. The summed E-state index contributed by atoms with van der Waals surface area (Å²) in [5.41, 5.74) is 3.73. The molecule has 130 valence electrons. The Morgan fingerprint density at radius 2 is 1.36 bits per heavy atom. The van der Waals surface area contributed by atoms with Crippen molar-refractivity contribution in [3.63, 3.8) is 0 Å². The van der Waals surface area contributed by atoms with E-state index in [0.717, 1.165) is 11.4 Å². The van der Waals surface area contributed by atoms with Gasteiger partial charge >= 0.3 is 0 Å². The van der Waals surface area contributed by atoms with Crippen LogP contribution in [0.4, 0.5) is 11.4 Å². The number of nitrogens with one attached hydrogen (secondary N) is 1. The van der Waals surface area contributed by atoms with Crippen molar-refractivity contribution in [3.8, 4) is 0 Å². The van der Waals surface area contributed by atoms with Gasteiger partial charge in [0.15, 0.2) is 0 Å². The van der Waals surface area contributed by atoms with E-state index < -0.39 is 0 Å². The largest absolute Gasteiger partial charge is 0.356 e. The first-order valence-electron chi connectivity index (χ1n) is 9.70. The van der Waals surface area contributed by atoms with E-state index in [1.165, 1.54) is 61.3 Å². The predicted molar refractivity (Wildman–Crippen MR) is 111 cm³/mol. The van der Waals surface area contributed by atoms with E-state index in [-0.39, 0.29) is 0 Å². The zero-order valence-electron chi connectivity index (χ0n) is 15.3. The molecule has 0 aromatic heterocycles. The summed E-state index contributed by atoms with van der Waals surface area (Å²) in [7, 11) is 0. The van der Waals surface area contributed by atoms with E-state index in [9.17, 15) is 0 Å². The van der Waals surface area contributed by atoms with Gasteiger partial charge in [-0.3, -0.25) is 0 Å². The number of aryl methyl sites for hydroxylation is 1. The summed E-state index contributed by atoms with van der Waals surface area (Å²) in [6, 6.07) is 23.9. The fourth-order valence-electron chi connectivity index (χ4n) is 3.33. The van der Waals surface area contributed by atoms with Crippen molar-refractivity contribution in [2.75, 3.05) is 5.32 Å². The normalized spacial score (nSPS) is 10.9. The Morgan fingerprint density at radius 1 is 0.640 bits per heavy atom. The van der Waals surface area contributed by atoms with Crippen LogP contribution in [-0.2, 0) is 6.42 Å². The van der Waals surface area contributed by atoms with Gasteiger partial charge in [0.05, 0.1) is 0 Å². The molecule has 0 fully saturated rings. The van der Waals surface area contributed by atoms with Gasteiger partial charge in [0.2, 0.25) is 0 Å². The SMILES string of the molecule is CCCCCCCCc1ccc2cc(Nc3ccccc3)ccc2c1. The van der Waals surface area contributed by atoms with Gasteiger partial charge < -0.3 is 5.32 Å². The van der Waals surface area contributed by atoms with Gasteiger partial charge in [-0.1, -0.05) is 81.5 Å². The number of benzene rings is 3. The van der Waals surface area contributed by atoms with Gasteiger partial charge in [-0.15, -0.1) is 0 Å². The third kappa shape index (κ3) is 5.35. The summed E-state index contributed by atoms with van der Waals surface area (Å²) in [4.78, 5) is 0. The van der Waals surface area contributed by atoms with Crippen LogP contribution >= 0.6 is 0 Å².